The van der Waals surface area contributed by atoms with Crippen molar-refractivity contribution in [1.82, 2.24) is 0 Å². The van der Waals surface area contributed by atoms with Crippen molar-refractivity contribution in [1.29, 1.82) is 0 Å². The van der Waals surface area contributed by atoms with Gasteiger partial charge >= 0.3 is 0 Å². The van der Waals surface area contributed by atoms with E-state index in [-0.39, 0.29) is 0 Å². The summed E-state index contributed by atoms with van der Waals surface area (Å²) in [6.45, 7) is 12.1. The highest BCUT2D eigenvalue weighted by Gasteiger charge is 2.33. The van der Waals surface area contributed by atoms with E-state index in [2.05, 4.69) is 49.8 Å². The molecule has 0 amide bonds. The zero-order valence-electron chi connectivity index (χ0n) is 8.50. The van der Waals surface area contributed by atoms with E-state index in [0.29, 0.717) is 5.04 Å². The number of hydrogen-bond acceptors (Lipinski definition) is 0. The lowest BCUT2D eigenvalue weighted by atomic mass is 10.2. The van der Waals surface area contributed by atoms with Crippen molar-refractivity contribution in [2.75, 3.05) is 5.33 Å². The Morgan fingerprint density at radius 2 is 1.64 bits per heavy atom. The van der Waals surface area contributed by atoms with Crippen LogP contribution >= 0.6 is 15.9 Å². The lowest BCUT2D eigenvalue weighted by Crippen LogP contribution is -2.36. The monoisotopic (exact) mass is 236 g/mol. The molecule has 0 aromatic carbocycles. The molecule has 0 bridgehead atoms. The summed E-state index contributed by atoms with van der Waals surface area (Å²) in [4.78, 5) is 0. The molecule has 0 heterocycles. The molecule has 2 heteroatoms. The quantitative estimate of drug-likeness (QED) is 0.507. The molecule has 0 rings (SSSR count). The first kappa shape index (κ1) is 11.7. The third-order valence-electron chi connectivity index (χ3n) is 2.97. The maximum atomic E-state index is 3.49. The maximum absolute atomic E-state index is 3.49. The average Bonchev–Trinajstić information content (AvgIpc) is 1.81. The van der Waals surface area contributed by atoms with Gasteiger partial charge in [-0.1, -0.05) is 55.8 Å². The van der Waals surface area contributed by atoms with Crippen LogP contribution < -0.4 is 0 Å². The molecule has 0 aliphatic heterocycles. The highest BCUT2D eigenvalue weighted by atomic mass is 79.9. The van der Waals surface area contributed by atoms with Gasteiger partial charge in [0.25, 0.3) is 0 Å². The van der Waals surface area contributed by atoms with E-state index in [4.69, 9.17) is 0 Å². The largest absolute Gasteiger partial charge is 0.0928 e. The molecule has 0 nitrogen and oxygen atoms in total. The standard InChI is InChI=1S/C9H21BrSi/c1-9(2,3)11(4,5)8-6-7-10/h6-8H2,1-5H3. The van der Waals surface area contributed by atoms with Gasteiger partial charge in [-0.3, -0.25) is 0 Å². The van der Waals surface area contributed by atoms with Crippen LogP contribution in [0.4, 0.5) is 0 Å². The van der Waals surface area contributed by atoms with Gasteiger partial charge in [0.05, 0.1) is 8.07 Å². The molecule has 0 saturated heterocycles. The van der Waals surface area contributed by atoms with Crippen molar-refractivity contribution in [3.8, 4) is 0 Å². The second-order valence-corrected chi connectivity index (χ2v) is 11.5. The molecule has 0 radical (unpaired) electrons. The average molecular weight is 237 g/mol. The highest BCUT2D eigenvalue weighted by Crippen LogP contribution is 2.39. The normalized spacial score (nSPS) is 13.6. The summed E-state index contributed by atoms with van der Waals surface area (Å²) in [7, 11) is -0.956. The highest BCUT2D eigenvalue weighted by molar-refractivity contribution is 9.09. The second-order valence-electron chi connectivity index (χ2n) is 4.93. The van der Waals surface area contributed by atoms with Gasteiger partial charge in [-0.05, 0) is 11.5 Å². The van der Waals surface area contributed by atoms with Crippen LogP contribution in [0.2, 0.25) is 24.2 Å². The van der Waals surface area contributed by atoms with E-state index >= 15 is 0 Å². The molecule has 0 aliphatic carbocycles. The Hall–Kier alpha value is 0.697. The fourth-order valence-corrected chi connectivity index (χ4v) is 3.49. The van der Waals surface area contributed by atoms with Crippen LogP contribution in [0, 0.1) is 0 Å². The van der Waals surface area contributed by atoms with Crippen LogP contribution in [-0.2, 0) is 0 Å². The number of rotatable bonds is 3. The first-order valence-corrected chi connectivity index (χ1v) is 8.70. The Balaban J connectivity index is 4.00. The lowest BCUT2D eigenvalue weighted by molar-refractivity contribution is 0.710. The number of hydrogen-bond donors (Lipinski definition) is 0. The van der Waals surface area contributed by atoms with E-state index in [9.17, 15) is 0 Å². The predicted octanol–water partition coefficient (Wildman–Crippen LogP) is 4.28. The molecule has 0 aromatic rings. The van der Waals surface area contributed by atoms with Crippen molar-refractivity contribution >= 4 is 24.0 Å². The van der Waals surface area contributed by atoms with Crippen molar-refractivity contribution < 1.29 is 0 Å². The van der Waals surface area contributed by atoms with Crippen LogP contribution in [0.5, 0.6) is 0 Å². The summed E-state index contributed by atoms with van der Waals surface area (Å²) in [5, 5.41) is 1.73. The Morgan fingerprint density at radius 3 is 1.91 bits per heavy atom. The molecule has 0 atom stereocenters. The summed E-state index contributed by atoms with van der Waals surface area (Å²) >= 11 is 3.49. The summed E-state index contributed by atoms with van der Waals surface area (Å²) in [5.41, 5.74) is 0. The fourth-order valence-electron chi connectivity index (χ4n) is 0.884. The Labute approximate surface area is 80.9 Å². The molecular formula is C9H21BrSi. The fraction of sp³-hybridized carbons (Fsp3) is 1.00. The van der Waals surface area contributed by atoms with Gasteiger partial charge in [0.1, 0.15) is 0 Å². The summed E-state index contributed by atoms with van der Waals surface area (Å²) in [6, 6.07) is 1.45. The van der Waals surface area contributed by atoms with Crippen molar-refractivity contribution in [3.05, 3.63) is 0 Å². The summed E-state index contributed by atoms with van der Waals surface area (Å²) < 4.78 is 0. The van der Waals surface area contributed by atoms with Crippen LogP contribution in [0.25, 0.3) is 0 Å². The van der Waals surface area contributed by atoms with E-state index in [1.54, 1.807) is 0 Å². The van der Waals surface area contributed by atoms with Crippen LogP contribution in [-0.4, -0.2) is 13.4 Å². The smallest absolute Gasteiger partial charge is 0.0528 e. The Bertz CT molecular complexity index is 113. The molecular weight excluding hydrogens is 216 g/mol. The minimum absolute atomic E-state index is 0.565. The molecule has 11 heavy (non-hydrogen) atoms. The van der Waals surface area contributed by atoms with Gasteiger partial charge in [0.2, 0.25) is 0 Å². The molecule has 0 N–H and O–H groups in total. The van der Waals surface area contributed by atoms with Crippen molar-refractivity contribution in [2.24, 2.45) is 0 Å². The van der Waals surface area contributed by atoms with Gasteiger partial charge in [-0.15, -0.1) is 0 Å². The molecule has 0 fully saturated rings. The molecule has 68 valence electrons. The number of alkyl halides is 1. The Morgan fingerprint density at radius 1 is 1.18 bits per heavy atom. The lowest BCUT2D eigenvalue weighted by Gasteiger charge is -2.36. The topological polar surface area (TPSA) is 0 Å². The minimum Gasteiger partial charge on any atom is -0.0928 e. The first-order chi connectivity index (χ1) is 4.81. The third-order valence-corrected chi connectivity index (χ3v) is 9.19. The van der Waals surface area contributed by atoms with Gasteiger partial charge in [0, 0.05) is 5.33 Å². The van der Waals surface area contributed by atoms with E-state index < -0.39 is 8.07 Å². The van der Waals surface area contributed by atoms with Crippen LogP contribution in [0.15, 0.2) is 0 Å². The molecule has 0 saturated carbocycles. The second kappa shape index (κ2) is 4.08. The summed E-state index contributed by atoms with van der Waals surface area (Å²) in [6.07, 6.45) is 1.34. The summed E-state index contributed by atoms with van der Waals surface area (Å²) in [5.74, 6) is 0. The van der Waals surface area contributed by atoms with Gasteiger partial charge in [-0.25, -0.2) is 0 Å². The van der Waals surface area contributed by atoms with E-state index in [1.165, 1.54) is 17.8 Å². The number of halogens is 1. The predicted molar refractivity (Wildman–Crippen MR) is 60.4 cm³/mol. The SMILES string of the molecule is CC(C)(C)[Si](C)(C)CCCBr. The van der Waals surface area contributed by atoms with Crippen LogP contribution in [0.3, 0.4) is 0 Å². The molecule has 0 spiro atoms. The van der Waals surface area contributed by atoms with Gasteiger partial charge < -0.3 is 0 Å². The Kier molecular flexibility index (Phi) is 4.34. The van der Waals surface area contributed by atoms with Crippen molar-refractivity contribution in [3.63, 3.8) is 0 Å². The zero-order chi connectivity index (χ0) is 9.12. The third kappa shape index (κ3) is 3.75. The molecule has 0 aliphatic rings. The zero-order valence-corrected chi connectivity index (χ0v) is 11.1. The molecule has 0 aromatic heterocycles. The molecule has 0 unspecified atom stereocenters. The van der Waals surface area contributed by atoms with Gasteiger partial charge in [-0.2, -0.15) is 0 Å². The first-order valence-electron chi connectivity index (χ1n) is 4.37. The van der Waals surface area contributed by atoms with E-state index in [0.717, 1.165) is 0 Å². The van der Waals surface area contributed by atoms with Gasteiger partial charge in [0.15, 0.2) is 0 Å². The van der Waals surface area contributed by atoms with E-state index in [1.807, 2.05) is 0 Å². The van der Waals surface area contributed by atoms with Crippen molar-refractivity contribution in [2.45, 2.75) is 51.4 Å². The minimum atomic E-state index is -0.956. The maximum Gasteiger partial charge on any atom is 0.0528 e. The van der Waals surface area contributed by atoms with Crippen LogP contribution in [0.1, 0.15) is 27.2 Å².